The van der Waals surface area contributed by atoms with Gasteiger partial charge in [-0.2, -0.15) is 0 Å². The van der Waals surface area contributed by atoms with Gasteiger partial charge < -0.3 is 4.42 Å². The Morgan fingerprint density at radius 3 is 1.33 bits per heavy atom. The van der Waals surface area contributed by atoms with Gasteiger partial charge in [-0.1, -0.05) is 140 Å². The minimum atomic E-state index is 0.616. The fraction of sp³-hybridized carbons (Fsp3) is 0. The van der Waals surface area contributed by atoms with Gasteiger partial charge in [0.1, 0.15) is 11.2 Å². The number of fused-ring (bicyclic) bond motifs is 3. The third-order valence-electron chi connectivity index (χ3n) is 8.89. The lowest BCUT2D eigenvalue weighted by Crippen LogP contribution is -2.00. The number of benzene rings is 7. The topological polar surface area (TPSA) is 51.8 Å². The summed E-state index contributed by atoms with van der Waals surface area (Å²) < 4.78 is 6.50. The van der Waals surface area contributed by atoms with E-state index >= 15 is 0 Å². The Morgan fingerprint density at radius 2 is 0.735 bits per heavy atom. The average molecular weight is 628 g/mol. The molecule has 49 heavy (non-hydrogen) atoms. The molecule has 2 aromatic heterocycles. The van der Waals surface area contributed by atoms with E-state index in [0.29, 0.717) is 17.5 Å². The van der Waals surface area contributed by atoms with E-state index in [9.17, 15) is 0 Å². The summed E-state index contributed by atoms with van der Waals surface area (Å²) in [4.78, 5) is 15.1. The van der Waals surface area contributed by atoms with Crippen molar-refractivity contribution in [3.8, 4) is 67.5 Å². The first-order valence-electron chi connectivity index (χ1n) is 16.4. The lowest BCUT2D eigenvalue weighted by atomic mass is 9.92. The highest BCUT2D eigenvalue weighted by atomic mass is 16.3. The van der Waals surface area contributed by atoms with Crippen molar-refractivity contribution in [3.63, 3.8) is 0 Å². The molecule has 0 saturated heterocycles. The van der Waals surface area contributed by atoms with Crippen LogP contribution >= 0.6 is 0 Å². The molecule has 0 N–H and O–H groups in total. The molecule has 0 spiro atoms. The third kappa shape index (κ3) is 5.45. The first-order valence-corrected chi connectivity index (χ1v) is 16.4. The van der Waals surface area contributed by atoms with Crippen molar-refractivity contribution in [1.82, 2.24) is 15.0 Å². The van der Waals surface area contributed by atoms with Crippen LogP contribution < -0.4 is 0 Å². The Kier molecular flexibility index (Phi) is 7.10. The van der Waals surface area contributed by atoms with Gasteiger partial charge in [0.25, 0.3) is 0 Å². The molecule has 9 rings (SSSR count). The molecule has 0 bridgehead atoms. The van der Waals surface area contributed by atoms with Crippen LogP contribution in [0.2, 0.25) is 0 Å². The molecule has 4 nitrogen and oxygen atoms in total. The molecular weight excluding hydrogens is 599 g/mol. The first-order chi connectivity index (χ1) is 24.3. The van der Waals surface area contributed by atoms with Crippen molar-refractivity contribution in [1.29, 1.82) is 0 Å². The monoisotopic (exact) mass is 627 g/mol. The predicted molar refractivity (Wildman–Crippen MR) is 200 cm³/mol. The van der Waals surface area contributed by atoms with Gasteiger partial charge in [0.2, 0.25) is 0 Å². The zero-order chi connectivity index (χ0) is 32.6. The summed E-state index contributed by atoms with van der Waals surface area (Å²) in [5.74, 6) is 1.88. The molecule has 0 aliphatic carbocycles. The molecule has 0 radical (unpaired) electrons. The summed E-state index contributed by atoms with van der Waals surface area (Å²) in [6, 6.07) is 60.5. The maximum Gasteiger partial charge on any atom is 0.164 e. The van der Waals surface area contributed by atoms with Gasteiger partial charge in [0, 0.05) is 33.0 Å². The molecule has 0 fully saturated rings. The lowest BCUT2D eigenvalue weighted by Gasteiger charge is -2.13. The van der Waals surface area contributed by atoms with Crippen molar-refractivity contribution in [2.24, 2.45) is 0 Å². The number of hydrogen-bond donors (Lipinski definition) is 0. The summed E-state index contributed by atoms with van der Waals surface area (Å²) in [7, 11) is 0. The fourth-order valence-electron chi connectivity index (χ4n) is 6.48. The van der Waals surface area contributed by atoms with Crippen LogP contribution in [0.4, 0.5) is 0 Å². The molecule has 0 unspecified atom stereocenters. The van der Waals surface area contributed by atoms with Crippen LogP contribution in [0.15, 0.2) is 180 Å². The zero-order valence-electron chi connectivity index (χ0n) is 26.5. The van der Waals surface area contributed by atoms with Gasteiger partial charge in [0.05, 0.1) is 0 Å². The Hall–Kier alpha value is -6.65. The highest BCUT2D eigenvalue weighted by Crippen LogP contribution is 2.41. The number of para-hydroxylation sites is 1. The van der Waals surface area contributed by atoms with Crippen LogP contribution in [0.1, 0.15) is 0 Å². The molecule has 9 aromatic rings. The van der Waals surface area contributed by atoms with Gasteiger partial charge in [-0.3, -0.25) is 0 Å². The van der Waals surface area contributed by atoms with Crippen LogP contribution in [0.5, 0.6) is 0 Å². The van der Waals surface area contributed by atoms with Crippen molar-refractivity contribution >= 4 is 21.9 Å². The van der Waals surface area contributed by atoms with Crippen molar-refractivity contribution < 1.29 is 4.42 Å². The molecule has 0 amide bonds. The van der Waals surface area contributed by atoms with E-state index in [2.05, 4.69) is 91.0 Å². The van der Waals surface area contributed by atoms with E-state index in [0.717, 1.165) is 72.0 Å². The maximum atomic E-state index is 6.50. The van der Waals surface area contributed by atoms with E-state index in [1.54, 1.807) is 0 Å². The average Bonchev–Trinajstić information content (AvgIpc) is 3.57. The molecule has 230 valence electrons. The second-order valence-electron chi connectivity index (χ2n) is 12.1. The maximum absolute atomic E-state index is 6.50. The first kappa shape index (κ1) is 28.6. The third-order valence-corrected chi connectivity index (χ3v) is 8.89. The summed E-state index contributed by atoms with van der Waals surface area (Å²) in [5.41, 5.74) is 11.0. The van der Waals surface area contributed by atoms with E-state index in [4.69, 9.17) is 19.4 Å². The largest absolute Gasteiger partial charge is 0.455 e. The number of hydrogen-bond acceptors (Lipinski definition) is 4. The predicted octanol–water partition coefficient (Wildman–Crippen LogP) is 11.8. The van der Waals surface area contributed by atoms with Crippen molar-refractivity contribution in [2.75, 3.05) is 0 Å². The van der Waals surface area contributed by atoms with Crippen molar-refractivity contribution in [2.45, 2.75) is 0 Å². The van der Waals surface area contributed by atoms with Gasteiger partial charge in [-0.15, -0.1) is 0 Å². The molecular formula is C45H29N3O. The summed E-state index contributed by atoms with van der Waals surface area (Å²) in [6.07, 6.45) is 0. The van der Waals surface area contributed by atoms with Crippen LogP contribution in [0, 0.1) is 0 Å². The number of rotatable bonds is 6. The van der Waals surface area contributed by atoms with Gasteiger partial charge >= 0.3 is 0 Å². The number of aromatic nitrogens is 3. The Bertz CT molecular complexity index is 2520. The quantitative estimate of drug-likeness (QED) is 0.184. The molecule has 0 aliphatic heterocycles. The van der Waals surface area contributed by atoms with Crippen LogP contribution in [-0.4, -0.2) is 15.0 Å². The second-order valence-corrected chi connectivity index (χ2v) is 12.1. The van der Waals surface area contributed by atoms with Crippen LogP contribution in [0.25, 0.3) is 89.5 Å². The smallest absolute Gasteiger partial charge is 0.164 e. The summed E-state index contributed by atoms with van der Waals surface area (Å²) in [6.45, 7) is 0. The molecule has 2 heterocycles. The minimum Gasteiger partial charge on any atom is -0.455 e. The Morgan fingerprint density at radius 1 is 0.306 bits per heavy atom. The normalized spacial score (nSPS) is 11.3. The van der Waals surface area contributed by atoms with E-state index in [1.807, 2.05) is 84.9 Å². The molecule has 0 saturated carbocycles. The molecule has 4 heteroatoms. The van der Waals surface area contributed by atoms with E-state index in [1.165, 1.54) is 0 Å². The molecule has 7 aromatic carbocycles. The molecule has 0 atom stereocenters. The second kappa shape index (κ2) is 12.2. The van der Waals surface area contributed by atoms with Gasteiger partial charge in [0.15, 0.2) is 17.5 Å². The highest BCUT2D eigenvalue weighted by Gasteiger charge is 2.18. The lowest BCUT2D eigenvalue weighted by molar-refractivity contribution is 0.670. The van der Waals surface area contributed by atoms with E-state index in [-0.39, 0.29) is 0 Å². The fourth-order valence-corrected chi connectivity index (χ4v) is 6.48. The SMILES string of the molecule is c1ccc(-c2cc(-c3cc(-c4ccccc4)c4oc5ccccc5c4c3)cc(-c3nc(-c4ccccc4)nc(-c4ccccc4)n3)c2)cc1. The zero-order valence-corrected chi connectivity index (χ0v) is 26.5. The van der Waals surface area contributed by atoms with Crippen LogP contribution in [0.3, 0.4) is 0 Å². The summed E-state index contributed by atoms with van der Waals surface area (Å²) in [5, 5.41) is 2.17. The van der Waals surface area contributed by atoms with Gasteiger partial charge in [-0.25, -0.2) is 15.0 Å². The van der Waals surface area contributed by atoms with Crippen LogP contribution in [-0.2, 0) is 0 Å². The van der Waals surface area contributed by atoms with Gasteiger partial charge in [-0.05, 0) is 64.2 Å². The standard InChI is InChI=1S/C45H29N3O/c1-5-15-30(16-6-1)34-25-35(36-28-39(31-17-7-2-8-18-31)42-40(29-36)38-23-13-14-24-41(38)49-42)27-37(26-34)45-47-43(32-19-9-3-10-20-32)46-44(48-45)33-21-11-4-12-22-33/h1-29H. The van der Waals surface area contributed by atoms with E-state index < -0.39 is 0 Å². The molecule has 0 aliphatic rings. The number of nitrogens with zero attached hydrogens (tertiary/aromatic N) is 3. The van der Waals surface area contributed by atoms with Crippen molar-refractivity contribution in [3.05, 3.63) is 176 Å². The number of furan rings is 1. The minimum absolute atomic E-state index is 0.616. The summed E-state index contributed by atoms with van der Waals surface area (Å²) >= 11 is 0. The Balaban J connectivity index is 1.31. The highest BCUT2D eigenvalue weighted by molar-refractivity contribution is 6.11. The Labute approximate surface area is 284 Å².